The molecule has 0 spiro atoms. The van der Waals surface area contributed by atoms with Gasteiger partial charge in [0.05, 0.1) is 12.2 Å². The Hall–Kier alpha value is -0.320. The van der Waals surface area contributed by atoms with Gasteiger partial charge in [-0.25, -0.2) is 0 Å². The summed E-state index contributed by atoms with van der Waals surface area (Å²) in [5.74, 6) is 0. The fourth-order valence-corrected chi connectivity index (χ4v) is 2.57. The third kappa shape index (κ3) is 3.37. The van der Waals surface area contributed by atoms with Crippen molar-refractivity contribution in [2.75, 3.05) is 13.2 Å². The van der Waals surface area contributed by atoms with Crippen molar-refractivity contribution in [3.05, 3.63) is 33.8 Å². The maximum absolute atomic E-state index is 10.1. The van der Waals surface area contributed by atoms with Crippen molar-refractivity contribution >= 4 is 23.2 Å². The molecule has 1 heterocycles. The Morgan fingerprint density at radius 2 is 2.28 bits per heavy atom. The van der Waals surface area contributed by atoms with Crippen LogP contribution in [0.1, 0.15) is 25.0 Å². The Labute approximate surface area is 117 Å². The zero-order valence-electron chi connectivity index (χ0n) is 10.2. The van der Waals surface area contributed by atoms with Crippen LogP contribution in [0, 0.1) is 0 Å². The molecule has 1 fully saturated rings. The van der Waals surface area contributed by atoms with E-state index in [1.165, 1.54) is 0 Å². The first-order valence-corrected chi connectivity index (χ1v) is 6.81. The number of nitrogens with one attached hydrogen (secondary N) is 1. The molecule has 2 N–H and O–H groups in total. The zero-order chi connectivity index (χ0) is 13.1. The number of halogens is 2. The molecule has 100 valence electrons. The standard InChI is InChI=1S/C13H17Cl2NO2/c1-8-12(4-5-18-8)16-7-13(17)10-6-9(14)2-3-11(10)15/h2-3,6,8,12-13,16-17H,4-5,7H2,1H3. The fourth-order valence-electron chi connectivity index (χ4n) is 2.14. The largest absolute Gasteiger partial charge is 0.387 e. The number of aliphatic hydroxyl groups excluding tert-OH is 1. The molecule has 0 aliphatic carbocycles. The van der Waals surface area contributed by atoms with E-state index < -0.39 is 6.10 Å². The number of hydrogen-bond acceptors (Lipinski definition) is 3. The highest BCUT2D eigenvalue weighted by Gasteiger charge is 2.24. The van der Waals surface area contributed by atoms with Gasteiger partial charge >= 0.3 is 0 Å². The molecule has 1 aliphatic rings. The molecular weight excluding hydrogens is 273 g/mol. The summed E-state index contributed by atoms with van der Waals surface area (Å²) in [6.07, 6.45) is 0.494. The third-order valence-corrected chi connectivity index (χ3v) is 3.85. The van der Waals surface area contributed by atoms with E-state index in [2.05, 4.69) is 5.32 Å². The predicted octanol–water partition coefficient (Wildman–Crippen LogP) is 2.79. The Morgan fingerprint density at radius 1 is 1.50 bits per heavy atom. The molecule has 1 aromatic rings. The highest BCUT2D eigenvalue weighted by atomic mass is 35.5. The van der Waals surface area contributed by atoms with Crippen molar-refractivity contribution in [3.8, 4) is 0 Å². The first kappa shape index (κ1) is 14.1. The zero-order valence-corrected chi connectivity index (χ0v) is 11.7. The lowest BCUT2D eigenvalue weighted by molar-refractivity contribution is 0.107. The van der Waals surface area contributed by atoms with E-state index >= 15 is 0 Å². The van der Waals surface area contributed by atoms with Gasteiger partial charge in [-0.05, 0) is 31.5 Å². The topological polar surface area (TPSA) is 41.5 Å². The van der Waals surface area contributed by atoms with E-state index in [-0.39, 0.29) is 12.1 Å². The smallest absolute Gasteiger partial charge is 0.0929 e. The van der Waals surface area contributed by atoms with Crippen LogP contribution in [0.2, 0.25) is 10.0 Å². The molecule has 18 heavy (non-hydrogen) atoms. The summed E-state index contributed by atoms with van der Waals surface area (Å²) in [7, 11) is 0. The van der Waals surface area contributed by atoms with Gasteiger partial charge in [0, 0.05) is 34.8 Å². The van der Waals surface area contributed by atoms with Gasteiger partial charge in [0.25, 0.3) is 0 Å². The number of benzene rings is 1. The van der Waals surface area contributed by atoms with Crippen molar-refractivity contribution in [1.29, 1.82) is 0 Å². The summed E-state index contributed by atoms with van der Waals surface area (Å²) >= 11 is 11.9. The van der Waals surface area contributed by atoms with Gasteiger partial charge in [-0.2, -0.15) is 0 Å². The van der Waals surface area contributed by atoms with Gasteiger partial charge in [0.1, 0.15) is 0 Å². The Kier molecular flexibility index (Phi) is 4.87. The van der Waals surface area contributed by atoms with Crippen molar-refractivity contribution < 1.29 is 9.84 Å². The van der Waals surface area contributed by atoms with Crippen LogP contribution in [0.25, 0.3) is 0 Å². The van der Waals surface area contributed by atoms with Crippen molar-refractivity contribution in [1.82, 2.24) is 5.32 Å². The minimum Gasteiger partial charge on any atom is -0.387 e. The number of ether oxygens (including phenoxy) is 1. The summed E-state index contributed by atoms with van der Waals surface area (Å²) in [6, 6.07) is 5.40. The van der Waals surface area contributed by atoms with E-state index in [1.807, 2.05) is 6.92 Å². The van der Waals surface area contributed by atoms with Crippen LogP contribution in [0.15, 0.2) is 18.2 Å². The van der Waals surface area contributed by atoms with E-state index in [0.717, 1.165) is 13.0 Å². The minimum absolute atomic E-state index is 0.187. The second-order valence-corrected chi connectivity index (χ2v) is 5.40. The fraction of sp³-hybridized carbons (Fsp3) is 0.538. The highest BCUT2D eigenvalue weighted by molar-refractivity contribution is 6.33. The number of aliphatic hydroxyl groups is 1. The summed E-state index contributed by atoms with van der Waals surface area (Å²) in [5, 5.41) is 14.5. The molecule has 1 aromatic carbocycles. The van der Waals surface area contributed by atoms with Crippen LogP contribution in [0.5, 0.6) is 0 Å². The maximum atomic E-state index is 10.1. The third-order valence-electron chi connectivity index (χ3n) is 3.27. The van der Waals surface area contributed by atoms with Gasteiger partial charge in [0.2, 0.25) is 0 Å². The molecule has 1 aliphatic heterocycles. The second-order valence-electron chi connectivity index (χ2n) is 4.56. The first-order chi connectivity index (χ1) is 8.58. The average Bonchev–Trinajstić information content (AvgIpc) is 2.75. The molecule has 5 heteroatoms. The predicted molar refractivity (Wildman–Crippen MR) is 73.2 cm³/mol. The van der Waals surface area contributed by atoms with Gasteiger partial charge in [-0.3, -0.25) is 0 Å². The van der Waals surface area contributed by atoms with Crippen LogP contribution in [-0.4, -0.2) is 30.4 Å². The van der Waals surface area contributed by atoms with Crippen LogP contribution >= 0.6 is 23.2 Å². The lowest BCUT2D eigenvalue weighted by atomic mass is 10.1. The molecule has 3 unspecified atom stereocenters. The first-order valence-electron chi connectivity index (χ1n) is 6.06. The van der Waals surface area contributed by atoms with Crippen LogP contribution in [0.3, 0.4) is 0 Å². The molecule has 2 rings (SSSR count). The molecule has 0 saturated carbocycles. The van der Waals surface area contributed by atoms with E-state index in [9.17, 15) is 5.11 Å². The normalized spacial score (nSPS) is 25.3. The molecule has 1 saturated heterocycles. The van der Waals surface area contributed by atoms with Crippen LogP contribution in [0.4, 0.5) is 0 Å². The molecule has 3 nitrogen and oxygen atoms in total. The van der Waals surface area contributed by atoms with Crippen LogP contribution in [-0.2, 0) is 4.74 Å². The average molecular weight is 290 g/mol. The van der Waals surface area contributed by atoms with E-state index in [0.29, 0.717) is 22.2 Å². The molecule has 0 amide bonds. The molecule has 3 atom stereocenters. The van der Waals surface area contributed by atoms with Crippen molar-refractivity contribution in [3.63, 3.8) is 0 Å². The lowest BCUT2D eigenvalue weighted by Gasteiger charge is -2.19. The van der Waals surface area contributed by atoms with Gasteiger partial charge < -0.3 is 15.2 Å². The summed E-state index contributed by atoms with van der Waals surface area (Å²) in [4.78, 5) is 0. The number of hydrogen-bond donors (Lipinski definition) is 2. The Bertz CT molecular complexity index is 414. The van der Waals surface area contributed by atoms with Gasteiger partial charge in [0.15, 0.2) is 0 Å². The van der Waals surface area contributed by atoms with E-state index in [1.54, 1.807) is 18.2 Å². The summed E-state index contributed by atoms with van der Waals surface area (Å²) in [5.41, 5.74) is 0.656. The Morgan fingerprint density at radius 3 is 2.94 bits per heavy atom. The Balaban J connectivity index is 1.94. The van der Waals surface area contributed by atoms with Crippen LogP contribution < -0.4 is 5.32 Å². The quantitative estimate of drug-likeness (QED) is 0.896. The molecule has 0 aromatic heterocycles. The molecule has 0 radical (unpaired) electrons. The molecular formula is C13H17Cl2NO2. The second kappa shape index (κ2) is 6.22. The maximum Gasteiger partial charge on any atom is 0.0929 e. The van der Waals surface area contributed by atoms with Crippen molar-refractivity contribution in [2.45, 2.75) is 31.6 Å². The van der Waals surface area contributed by atoms with Crippen molar-refractivity contribution in [2.24, 2.45) is 0 Å². The van der Waals surface area contributed by atoms with Gasteiger partial charge in [-0.1, -0.05) is 23.2 Å². The summed E-state index contributed by atoms with van der Waals surface area (Å²) in [6.45, 7) is 3.24. The van der Waals surface area contributed by atoms with Gasteiger partial charge in [-0.15, -0.1) is 0 Å². The summed E-state index contributed by atoms with van der Waals surface area (Å²) < 4.78 is 5.45. The monoisotopic (exact) mass is 289 g/mol. The van der Waals surface area contributed by atoms with E-state index in [4.69, 9.17) is 27.9 Å². The minimum atomic E-state index is -0.663. The molecule has 0 bridgehead atoms. The highest BCUT2D eigenvalue weighted by Crippen LogP contribution is 2.26. The number of rotatable bonds is 4. The lowest BCUT2D eigenvalue weighted by Crippen LogP contribution is -2.37. The SMILES string of the molecule is CC1OCCC1NCC(O)c1cc(Cl)ccc1Cl.